The van der Waals surface area contributed by atoms with Gasteiger partial charge in [-0.05, 0) is 95.9 Å². The normalized spacial score (nSPS) is 13.3. The molecule has 2 atom stereocenters. The van der Waals surface area contributed by atoms with Gasteiger partial charge in [-0.1, -0.05) is 61.9 Å². The van der Waals surface area contributed by atoms with Crippen molar-refractivity contribution in [2.24, 2.45) is 0 Å². The number of esters is 2. The van der Waals surface area contributed by atoms with Gasteiger partial charge in [0.25, 0.3) is 0 Å². The van der Waals surface area contributed by atoms with Crippen LogP contribution in [-0.4, -0.2) is 85.5 Å². The van der Waals surface area contributed by atoms with Crippen LogP contribution < -0.4 is 21.3 Å². The Labute approximate surface area is 324 Å². The van der Waals surface area contributed by atoms with Gasteiger partial charge in [0.05, 0.1) is 6.61 Å². The monoisotopic (exact) mass is 766 g/mol. The van der Waals surface area contributed by atoms with Crippen molar-refractivity contribution < 1.29 is 47.7 Å². The van der Waals surface area contributed by atoms with E-state index in [0.29, 0.717) is 19.3 Å². The van der Waals surface area contributed by atoms with Crippen LogP contribution in [0.15, 0.2) is 48.5 Å². The molecule has 0 saturated heterocycles. The maximum absolute atomic E-state index is 13.8. The van der Waals surface area contributed by atoms with E-state index >= 15 is 0 Å². The SMILES string of the molecule is CCCCOC(=O)CCC(NC(=O)C(CCCCNC(=O)OC(C)(C)C)NC(=O)OCC1c2ccccc2-c2ccccc21)C(=O)NCC(=O)OC(C)(C)C. The maximum atomic E-state index is 13.8. The average Bonchev–Trinajstić information content (AvgIpc) is 3.42. The third kappa shape index (κ3) is 15.6. The second-order valence-electron chi connectivity index (χ2n) is 15.4. The molecule has 0 heterocycles. The summed E-state index contributed by atoms with van der Waals surface area (Å²) in [5.74, 6) is -2.86. The fourth-order valence-electron chi connectivity index (χ4n) is 5.90. The molecule has 55 heavy (non-hydrogen) atoms. The molecule has 1 aliphatic carbocycles. The summed E-state index contributed by atoms with van der Waals surface area (Å²) in [5.41, 5.74) is 2.73. The Morgan fingerprint density at radius 3 is 1.85 bits per heavy atom. The first kappa shape index (κ1) is 44.3. The molecule has 4 amide bonds. The van der Waals surface area contributed by atoms with Crippen LogP contribution in [-0.2, 0) is 38.1 Å². The van der Waals surface area contributed by atoms with Crippen molar-refractivity contribution in [2.75, 3.05) is 26.3 Å². The molecule has 0 aromatic heterocycles. The number of benzene rings is 2. The molecular formula is C41H58N4O10. The fourth-order valence-corrected chi connectivity index (χ4v) is 5.90. The minimum atomic E-state index is -1.26. The largest absolute Gasteiger partial charge is 0.466 e. The smallest absolute Gasteiger partial charge is 0.407 e. The molecule has 14 heteroatoms. The van der Waals surface area contributed by atoms with Crippen LogP contribution in [0.3, 0.4) is 0 Å². The number of ether oxygens (including phenoxy) is 4. The number of unbranched alkanes of at least 4 members (excludes halogenated alkanes) is 2. The van der Waals surface area contributed by atoms with E-state index in [2.05, 4.69) is 21.3 Å². The molecule has 4 N–H and O–H groups in total. The number of fused-ring (bicyclic) bond motifs is 3. The van der Waals surface area contributed by atoms with Crippen LogP contribution in [0.1, 0.15) is 110 Å². The zero-order valence-electron chi connectivity index (χ0n) is 33.2. The zero-order chi connectivity index (χ0) is 40.6. The summed E-state index contributed by atoms with van der Waals surface area (Å²) in [5, 5.41) is 10.5. The summed E-state index contributed by atoms with van der Waals surface area (Å²) < 4.78 is 21.5. The van der Waals surface area contributed by atoms with E-state index in [1.807, 2.05) is 55.5 Å². The minimum Gasteiger partial charge on any atom is -0.466 e. The summed E-state index contributed by atoms with van der Waals surface area (Å²) in [4.78, 5) is 77.4. The van der Waals surface area contributed by atoms with Crippen molar-refractivity contribution >= 4 is 35.9 Å². The third-order valence-electron chi connectivity index (χ3n) is 8.40. The van der Waals surface area contributed by atoms with Crippen molar-refractivity contribution in [2.45, 2.75) is 123 Å². The van der Waals surface area contributed by atoms with Crippen LogP contribution in [0.5, 0.6) is 0 Å². The van der Waals surface area contributed by atoms with Crippen molar-refractivity contribution in [1.82, 2.24) is 21.3 Å². The number of amides is 4. The zero-order valence-corrected chi connectivity index (χ0v) is 33.2. The highest BCUT2D eigenvalue weighted by Crippen LogP contribution is 2.44. The summed E-state index contributed by atoms with van der Waals surface area (Å²) in [6.07, 6.45) is 0.732. The van der Waals surface area contributed by atoms with Gasteiger partial charge in [0.2, 0.25) is 11.8 Å². The third-order valence-corrected chi connectivity index (χ3v) is 8.40. The minimum absolute atomic E-state index is 0.0177. The first-order valence-electron chi connectivity index (χ1n) is 19.0. The fraction of sp³-hybridized carbons (Fsp3) is 0.561. The molecule has 0 bridgehead atoms. The van der Waals surface area contributed by atoms with Crippen LogP contribution in [0.2, 0.25) is 0 Å². The summed E-state index contributed by atoms with van der Waals surface area (Å²) in [6.45, 7) is 12.3. The lowest BCUT2D eigenvalue weighted by Crippen LogP contribution is -2.54. The first-order chi connectivity index (χ1) is 26.0. The Kier molecular flexibility index (Phi) is 17.0. The lowest BCUT2D eigenvalue weighted by Gasteiger charge is -2.24. The first-order valence-corrected chi connectivity index (χ1v) is 19.0. The molecule has 1 aliphatic rings. The molecule has 0 aliphatic heterocycles. The number of carbonyl (C=O) groups excluding carboxylic acids is 6. The Hall–Kier alpha value is -5.14. The summed E-state index contributed by atoms with van der Waals surface area (Å²) in [6, 6.07) is 13.4. The van der Waals surface area contributed by atoms with E-state index in [4.69, 9.17) is 18.9 Å². The van der Waals surface area contributed by atoms with Gasteiger partial charge in [-0.3, -0.25) is 19.2 Å². The molecule has 302 valence electrons. The molecule has 2 aromatic carbocycles. The van der Waals surface area contributed by atoms with E-state index in [1.54, 1.807) is 41.5 Å². The Morgan fingerprint density at radius 2 is 1.25 bits per heavy atom. The van der Waals surface area contributed by atoms with Gasteiger partial charge in [-0.2, -0.15) is 0 Å². The van der Waals surface area contributed by atoms with E-state index in [9.17, 15) is 28.8 Å². The summed E-state index contributed by atoms with van der Waals surface area (Å²) >= 11 is 0. The van der Waals surface area contributed by atoms with Gasteiger partial charge in [0.1, 0.15) is 36.4 Å². The Morgan fingerprint density at radius 1 is 0.655 bits per heavy atom. The summed E-state index contributed by atoms with van der Waals surface area (Å²) in [7, 11) is 0. The Balaban J connectivity index is 1.72. The standard InChI is InChI=1S/C41H58N4O10/c1-8-9-24-52-34(46)22-21-33(36(48)43-25-35(47)54-40(2,3)4)44-37(49)32(20-14-15-23-42-38(50)55-41(5,6)7)45-39(51)53-26-31-29-18-12-10-16-27(29)28-17-11-13-19-30(28)31/h10-13,16-19,31-33H,8-9,14-15,20-26H2,1-7H3,(H,42,50)(H,43,48)(H,44,49)(H,45,51). The lowest BCUT2D eigenvalue weighted by molar-refractivity contribution is -0.154. The van der Waals surface area contributed by atoms with Gasteiger partial charge in [0, 0.05) is 18.9 Å². The average molecular weight is 767 g/mol. The molecule has 14 nitrogen and oxygen atoms in total. The van der Waals surface area contributed by atoms with Gasteiger partial charge >= 0.3 is 24.1 Å². The number of hydrogen-bond acceptors (Lipinski definition) is 10. The van der Waals surface area contributed by atoms with Crippen molar-refractivity contribution in [3.05, 3.63) is 59.7 Å². The highest BCUT2D eigenvalue weighted by atomic mass is 16.6. The van der Waals surface area contributed by atoms with Crippen LogP contribution >= 0.6 is 0 Å². The topological polar surface area (TPSA) is 187 Å². The molecule has 0 saturated carbocycles. The van der Waals surface area contributed by atoms with E-state index < -0.39 is 65.8 Å². The molecule has 0 fully saturated rings. The maximum Gasteiger partial charge on any atom is 0.407 e. The molecule has 2 unspecified atom stereocenters. The predicted octanol–water partition coefficient (Wildman–Crippen LogP) is 5.65. The lowest BCUT2D eigenvalue weighted by atomic mass is 9.98. The van der Waals surface area contributed by atoms with Gasteiger partial charge in [0.15, 0.2) is 0 Å². The highest BCUT2D eigenvalue weighted by molar-refractivity contribution is 5.92. The number of rotatable bonds is 19. The van der Waals surface area contributed by atoms with E-state index in [-0.39, 0.29) is 44.9 Å². The predicted molar refractivity (Wildman–Crippen MR) is 206 cm³/mol. The van der Waals surface area contributed by atoms with Crippen molar-refractivity contribution in [3.63, 3.8) is 0 Å². The molecule has 0 spiro atoms. The number of alkyl carbamates (subject to hydrolysis) is 2. The van der Waals surface area contributed by atoms with Crippen molar-refractivity contribution in [1.29, 1.82) is 0 Å². The van der Waals surface area contributed by atoms with Crippen LogP contribution in [0.4, 0.5) is 9.59 Å². The van der Waals surface area contributed by atoms with Crippen LogP contribution in [0.25, 0.3) is 11.1 Å². The Bertz CT molecular complexity index is 1590. The van der Waals surface area contributed by atoms with Gasteiger partial charge in [-0.15, -0.1) is 0 Å². The molecule has 3 rings (SSSR count). The van der Waals surface area contributed by atoms with Gasteiger partial charge in [-0.25, -0.2) is 9.59 Å². The van der Waals surface area contributed by atoms with Crippen molar-refractivity contribution in [3.8, 4) is 11.1 Å². The number of nitrogens with one attached hydrogen (secondary N) is 4. The number of hydrogen-bond donors (Lipinski definition) is 4. The molecule has 2 aromatic rings. The molecular weight excluding hydrogens is 708 g/mol. The van der Waals surface area contributed by atoms with E-state index in [0.717, 1.165) is 28.7 Å². The second kappa shape index (κ2) is 21.1. The van der Waals surface area contributed by atoms with Crippen LogP contribution in [0, 0.1) is 0 Å². The molecule has 0 radical (unpaired) electrons. The second-order valence-corrected chi connectivity index (χ2v) is 15.4. The number of carbonyl (C=O) groups is 6. The van der Waals surface area contributed by atoms with E-state index in [1.165, 1.54) is 0 Å². The highest BCUT2D eigenvalue weighted by Gasteiger charge is 2.31. The van der Waals surface area contributed by atoms with Gasteiger partial charge < -0.3 is 40.2 Å². The quantitative estimate of drug-likeness (QED) is 0.0790.